The van der Waals surface area contributed by atoms with Crippen LogP contribution in [0.1, 0.15) is 40.0 Å². The lowest BCUT2D eigenvalue weighted by Gasteiger charge is -2.17. The summed E-state index contributed by atoms with van der Waals surface area (Å²) < 4.78 is 0. The lowest BCUT2D eigenvalue weighted by atomic mass is 9.99. The third-order valence-electron chi connectivity index (χ3n) is 1.99. The van der Waals surface area contributed by atoms with Crippen LogP contribution >= 0.6 is 0 Å². The van der Waals surface area contributed by atoms with Crippen molar-refractivity contribution in [1.29, 1.82) is 0 Å². The molecule has 0 bridgehead atoms. The summed E-state index contributed by atoms with van der Waals surface area (Å²) in [6.45, 7) is 6.30. The van der Waals surface area contributed by atoms with Gasteiger partial charge in [0.25, 0.3) is 0 Å². The highest BCUT2D eigenvalue weighted by atomic mass is 16.3. The maximum absolute atomic E-state index is 9.31. The van der Waals surface area contributed by atoms with Crippen molar-refractivity contribution >= 4 is 0 Å². The second-order valence-electron chi connectivity index (χ2n) is 3.61. The zero-order chi connectivity index (χ0) is 8.85. The van der Waals surface area contributed by atoms with Gasteiger partial charge in [0.05, 0.1) is 6.10 Å². The molecule has 2 atom stereocenters. The van der Waals surface area contributed by atoms with Crippen LogP contribution in [0.4, 0.5) is 0 Å². The van der Waals surface area contributed by atoms with Gasteiger partial charge in [0.15, 0.2) is 0 Å². The Morgan fingerprint density at radius 1 is 1.27 bits per heavy atom. The molecule has 0 aromatic carbocycles. The quantitative estimate of drug-likeness (QED) is 0.639. The maximum Gasteiger partial charge on any atom is 0.0688 e. The predicted octanol–water partition coefficient (Wildman–Crippen LogP) is 1.52. The largest absolute Gasteiger partial charge is 0.392 e. The van der Waals surface area contributed by atoms with Crippen molar-refractivity contribution in [2.75, 3.05) is 0 Å². The first-order valence-electron chi connectivity index (χ1n) is 4.51. The Bertz CT molecular complexity index is 93.6. The highest BCUT2D eigenvalue weighted by molar-refractivity contribution is 4.70. The normalized spacial score (nSPS) is 16.9. The monoisotopic (exact) mass is 159 g/mol. The number of hydrogen-bond acceptors (Lipinski definition) is 2. The summed E-state index contributed by atoms with van der Waals surface area (Å²) in [7, 11) is 0. The first-order valence-corrected chi connectivity index (χ1v) is 4.51. The minimum absolute atomic E-state index is 0.0256. The molecule has 0 aromatic rings. The highest BCUT2D eigenvalue weighted by Crippen LogP contribution is 2.09. The van der Waals surface area contributed by atoms with Crippen LogP contribution in [-0.2, 0) is 0 Å². The maximum atomic E-state index is 9.31. The Labute approximate surface area is 69.8 Å². The van der Waals surface area contributed by atoms with Crippen molar-refractivity contribution in [2.24, 2.45) is 11.7 Å². The van der Waals surface area contributed by atoms with Gasteiger partial charge >= 0.3 is 0 Å². The summed E-state index contributed by atoms with van der Waals surface area (Å²) in [6.07, 6.45) is 2.50. The van der Waals surface area contributed by atoms with Crippen LogP contribution in [0.5, 0.6) is 0 Å². The molecule has 2 nitrogen and oxygen atoms in total. The second kappa shape index (κ2) is 5.56. The molecule has 2 unspecified atom stereocenters. The Hall–Kier alpha value is -0.0800. The third-order valence-corrected chi connectivity index (χ3v) is 1.99. The van der Waals surface area contributed by atoms with Crippen LogP contribution in [0.25, 0.3) is 0 Å². The molecule has 0 radical (unpaired) electrons. The summed E-state index contributed by atoms with van der Waals surface area (Å²) >= 11 is 0. The highest BCUT2D eigenvalue weighted by Gasteiger charge is 2.12. The number of aliphatic hydroxyl groups is 1. The zero-order valence-electron chi connectivity index (χ0n) is 7.88. The minimum Gasteiger partial charge on any atom is -0.392 e. The van der Waals surface area contributed by atoms with Crippen molar-refractivity contribution in [3.05, 3.63) is 0 Å². The molecular formula is C9H21NO. The van der Waals surface area contributed by atoms with Crippen molar-refractivity contribution in [3.8, 4) is 0 Å². The molecule has 0 saturated heterocycles. The molecule has 0 fully saturated rings. The molecule has 0 amide bonds. The van der Waals surface area contributed by atoms with Crippen LogP contribution < -0.4 is 5.73 Å². The summed E-state index contributed by atoms with van der Waals surface area (Å²) in [5.74, 6) is 0.685. The number of rotatable bonds is 5. The van der Waals surface area contributed by atoms with E-state index in [9.17, 15) is 5.11 Å². The minimum atomic E-state index is -0.311. The number of nitrogens with two attached hydrogens (primary N) is 1. The van der Waals surface area contributed by atoms with E-state index in [4.69, 9.17) is 5.73 Å². The molecule has 68 valence electrons. The molecule has 0 spiro atoms. The fourth-order valence-electron chi connectivity index (χ4n) is 1.02. The van der Waals surface area contributed by atoms with Gasteiger partial charge < -0.3 is 10.8 Å². The second-order valence-corrected chi connectivity index (χ2v) is 3.61. The molecule has 0 rings (SSSR count). The average molecular weight is 159 g/mol. The van der Waals surface area contributed by atoms with E-state index in [2.05, 4.69) is 13.8 Å². The molecular weight excluding hydrogens is 138 g/mol. The third kappa shape index (κ3) is 5.22. The van der Waals surface area contributed by atoms with Gasteiger partial charge in [-0.05, 0) is 25.2 Å². The van der Waals surface area contributed by atoms with E-state index in [1.54, 1.807) is 0 Å². The van der Waals surface area contributed by atoms with E-state index in [0.717, 1.165) is 19.3 Å². The van der Waals surface area contributed by atoms with Crippen molar-refractivity contribution in [1.82, 2.24) is 0 Å². The molecule has 2 heteroatoms. The van der Waals surface area contributed by atoms with E-state index >= 15 is 0 Å². The Balaban J connectivity index is 3.43. The number of hydrogen-bond donors (Lipinski definition) is 2. The Morgan fingerprint density at radius 3 is 2.18 bits per heavy atom. The van der Waals surface area contributed by atoms with Gasteiger partial charge in [-0.15, -0.1) is 0 Å². The Kier molecular flexibility index (Phi) is 5.51. The number of aliphatic hydroxyl groups excluding tert-OH is 1. The van der Waals surface area contributed by atoms with E-state index in [-0.39, 0.29) is 12.1 Å². The molecule has 0 aliphatic heterocycles. The van der Waals surface area contributed by atoms with Crippen molar-refractivity contribution < 1.29 is 5.11 Å². The van der Waals surface area contributed by atoms with Gasteiger partial charge in [-0.25, -0.2) is 0 Å². The standard InChI is InChI=1S/C9H21NO/c1-4-9(11)8(10)6-5-7(2)3/h7-9,11H,4-6,10H2,1-3H3. The van der Waals surface area contributed by atoms with E-state index in [0.29, 0.717) is 5.92 Å². The van der Waals surface area contributed by atoms with Gasteiger partial charge in [0.2, 0.25) is 0 Å². The first-order chi connectivity index (χ1) is 5.07. The van der Waals surface area contributed by atoms with Crippen molar-refractivity contribution in [2.45, 2.75) is 52.2 Å². The van der Waals surface area contributed by atoms with Crippen LogP contribution in [0.15, 0.2) is 0 Å². The smallest absolute Gasteiger partial charge is 0.0688 e. The lowest BCUT2D eigenvalue weighted by molar-refractivity contribution is 0.133. The van der Waals surface area contributed by atoms with Crippen LogP contribution in [0.2, 0.25) is 0 Å². The summed E-state index contributed by atoms with van der Waals surface area (Å²) in [5, 5.41) is 9.31. The van der Waals surface area contributed by atoms with Gasteiger partial charge in [0, 0.05) is 6.04 Å². The topological polar surface area (TPSA) is 46.2 Å². The summed E-state index contributed by atoms with van der Waals surface area (Å²) in [4.78, 5) is 0. The van der Waals surface area contributed by atoms with E-state index < -0.39 is 0 Å². The van der Waals surface area contributed by atoms with E-state index in [1.807, 2.05) is 6.92 Å². The Morgan fingerprint density at radius 2 is 1.82 bits per heavy atom. The van der Waals surface area contributed by atoms with Gasteiger partial charge in [0.1, 0.15) is 0 Å². The molecule has 11 heavy (non-hydrogen) atoms. The fraction of sp³-hybridized carbons (Fsp3) is 1.00. The molecule has 3 N–H and O–H groups in total. The van der Waals surface area contributed by atoms with Crippen LogP contribution in [0, 0.1) is 5.92 Å². The molecule has 0 aromatic heterocycles. The van der Waals surface area contributed by atoms with Crippen LogP contribution in [0.3, 0.4) is 0 Å². The lowest BCUT2D eigenvalue weighted by Crippen LogP contribution is -2.34. The van der Waals surface area contributed by atoms with E-state index in [1.165, 1.54) is 0 Å². The first kappa shape index (κ1) is 10.9. The SMILES string of the molecule is CCC(O)C(N)CCC(C)C. The van der Waals surface area contributed by atoms with Gasteiger partial charge in [-0.3, -0.25) is 0 Å². The molecule has 0 saturated carbocycles. The molecule has 0 aliphatic rings. The average Bonchev–Trinajstić information content (AvgIpc) is 1.98. The fourth-order valence-corrected chi connectivity index (χ4v) is 1.02. The summed E-state index contributed by atoms with van der Waals surface area (Å²) in [6, 6.07) is -0.0256. The van der Waals surface area contributed by atoms with Gasteiger partial charge in [-0.1, -0.05) is 20.8 Å². The predicted molar refractivity (Wildman–Crippen MR) is 48.3 cm³/mol. The molecule has 0 heterocycles. The summed E-state index contributed by atoms with van der Waals surface area (Å²) in [5.41, 5.74) is 5.73. The molecule has 0 aliphatic carbocycles. The van der Waals surface area contributed by atoms with Crippen molar-refractivity contribution in [3.63, 3.8) is 0 Å². The van der Waals surface area contributed by atoms with Crippen LogP contribution in [-0.4, -0.2) is 17.3 Å². The zero-order valence-corrected chi connectivity index (χ0v) is 7.88. The van der Waals surface area contributed by atoms with Gasteiger partial charge in [-0.2, -0.15) is 0 Å².